The predicted molar refractivity (Wildman–Crippen MR) is 57.4 cm³/mol. The summed E-state index contributed by atoms with van der Waals surface area (Å²) in [5, 5.41) is 0. The summed E-state index contributed by atoms with van der Waals surface area (Å²) in [6.07, 6.45) is 0.792. The van der Waals surface area contributed by atoms with Gasteiger partial charge in [-0.25, -0.2) is 4.84 Å². The van der Waals surface area contributed by atoms with Crippen molar-refractivity contribution >= 4 is 23.0 Å². The van der Waals surface area contributed by atoms with E-state index in [1.807, 2.05) is 6.92 Å². The molecule has 2 atom stereocenters. The number of hydrogen-bond acceptors (Lipinski definition) is 3. The summed E-state index contributed by atoms with van der Waals surface area (Å²) in [4.78, 5) is 5.10. The number of nitrogens with one attached hydrogen (secondary N) is 1. The van der Waals surface area contributed by atoms with Crippen molar-refractivity contribution in [1.29, 1.82) is 0 Å². The Kier molecular flexibility index (Phi) is 6.78. The lowest BCUT2D eigenvalue weighted by Crippen LogP contribution is -2.23. The van der Waals surface area contributed by atoms with E-state index >= 15 is 0 Å². The monoisotopic (exact) mass is 285 g/mol. The van der Waals surface area contributed by atoms with Gasteiger partial charge in [-0.05, 0) is 19.3 Å². The second-order valence-corrected chi connectivity index (χ2v) is 3.22. The molecule has 0 heterocycles. The Morgan fingerprint density at radius 3 is 2.58 bits per heavy atom. The Morgan fingerprint density at radius 1 is 1.58 bits per heavy atom. The average Bonchev–Trinajstić information content (AvgIpc) is 2.11. The summed E-state index contributed by atoms with van der Waals surface area (Å²) in [7, 11) is 0. The summed E-state index contributed by atoms with van der Waals surface area (Å²) < 4.78 is 4.86. The smallest absolute Gasteiger partial charge is 0.191 e. The van der Waals surface area contributed by atoms with Crippen molar-refractivity contribution in [2.75, 3.05) is 0 Å². The van der Waals surface area contributed by atoms with Gasteiger partial charge in [0.25, 0.3) is 0 Å². The Hall–Kier alpha value is 0.190. The lowest BCUT2D eigenvalue weighted by atomic mass is 10.1. The molecular weight excluding hydrogens is 269 g/mol. The SMILES string of the molecule is C=C(NOC(C)OI)C(C)CC. The standard InChI is InChI=1S/C8H16INO2/c1-5-6(2)7(3)10-12-8(4)11-9/h6,8,10H,3,5H2,1-2,4H3. The van der Waals surface area contributed by atoms with Crippen molar-refractivity contribution < 1.29 is 7.90 Å². The summed E-state index contributed by atoms with van der Waals surface area (Å²) in [5.41, 5.74) is 3.65. The maximum Gasteiger partial charge on any atom is 0.191 e. The largest absolute Gasteiger partial charge is 0.282 e. The molecule has 0 spiro atoms. The Bertz CT molecular complexity index is 141. The number of hydroxylamine groups is 1. The summed E-state index contributed by atoms with van der Waals surface area (Å²) in [5.74, 6) is 0.423. The fourth-order valence-corrected chi connectivity index (χ4v) is 0.628. The Labute approximate surface area is 88.1 Å². The van der Waals surface area contributed by atoms with Gasteiger partial charge in [0.05, 0.1) is 0 Å². The maximum atomic E-state index is 5.10. The molecule has 1 N–H and O–H groups in total. The minimum absolute atomic E-state index is 0.258. The van der Waals surface area contributed by atoms with Gasteiger partial charge in [0.1, 0.15) is 23.0 Å². The Balaban J connectivity index is 3.56. The average molecular weight is 285 g/mol. The van der Waals surface area contributed by atoms with E-state index in [1.165, 1.54) is 0 Å². The van der Waals surface area contributed by atoms with Crippen molar-refractivity contribution in [2.24, 2.45) is 5.92 Å². The molecule has 0 aromatic carbocycles. The molecule has 0 aliphatic rings. The molecule has 2 unspecified atom stereocenters. The number of hydrogen-bond donors (Lipinski definition) is 1. The maximum absolute atomic E-state index is 5.10. The van der Waals surface area contributed by atoms with Crippen molar-refractivity contribution in [1.82, 2.24) is 5.48 Å². The van der Waals surface area contributed by atoms with E-state index in [4.69, 9.17) is 7.90 Å². The van der Waals surface area contributed by atoms with Crippen LogP contribution in [0.3, 0.4) is 0 Å². The second-order valence-electron chi connectivity index (χ2n) is 2.71. The highest BCUT2D eigenvalue weighted by Crippen LogP contribution is 2.09. The number of halogens is 1. The molecule has 3 nitrogen and oxygen atoms in total. The second kappa shape index (κ2) is 6.68. The van der Waals surface area contributed by atoms with Crippen LogP contribution in [0, 0.1) is 5.92 Å². The van der Waals surface area contributed by atoms with E-state index in [0.29, 0.717) is 5.92 Å². The van der Waals surface area contributed by atoms with E-state index in [1.54, 1.807) is 23.0 Å². The van der Waals surface area contributed by atoms with E-state index in [-0.39, 0.29) is 6.29 Å². The van der Waals surface area contributed by atoms with Gasteiger partial charge in [-0.3, -0.25) is 8.55 Å². The van der Waals surface area contributed by atoms with Gasteiger partial charge in [0.15, 0.2) is 6.29 Å². The molecule has 0 bridgehead atoms. The zero-order valence-electron chi connectivity index (χ0n) is 7.76. The van der Waals surface area contributed by atoms with E-state index in [2.05, 4.69) is 25.9 Å². The summed E-state index contributed by atoms with van der Waals surface area (Å²) in [6.45, 7) is 9.84. The van der Waals surface area contributed by atoms with Crippen LogP contribution in [0.2, 0.25) is 0 Å². The van der Waals surface area contributed by atoms with Crippen LogP contribution in [-0.4, -0.2) is 6.29 Å². The minimum Gasteiger partial charge on any atom is -0.282 e. The third-order valence-electron chi connectivity index (χ3n) is 1.69. The van der Waals surface area contributed by atoms with Crippen molar-refractivity contribution in [3.8, 4) is 0 Å². The number of allylic oxidation sites excluding steroid dienone is 1. The topological polar surface area (TPSA) is 30.5 Å². The molecule has 12 heavy (non-hydrogen) atoms. The van der Waals surface area contributed by atoms with Gasteiger partial charge in [-0.15, -0.1) is 0 Å². The van der Waals surface area contributed by atoms with Gasteiger partial charge >= 0.3 is 0 Å². The molecule has 0 rings (SSSR count). The fraction of sp³-hybridized carbons (Fsp3) is 0.750. The van der Waals surface area contributed by atoms with Gasteiger partial charge in [-0.1, -0.05) is 20.4 Å². The van der Waals surface area contributed by atoms with Gasteiger partial charge in [0, 0.05) is 5.70 Å². The third-order valence-corrected chi connectivity index (χ3v) is 2.40. The van der Waals surface area contributed by atoms with Gasteiger partial charge < -0.3 is 0 Å². The molecular formula is C8H16INO2. The molecule has 0 radical (unpaired) electrons. The zero-order valence-corrected chi connectivity index (χ0v) is 9.92. The van der Waals surface area contributed by atoms with Crippen LogP contribution in [0.5, 0.6) is 0 Å². The van der Waals surface area contributed by atoms with E-state index < -0.39 is 0 Å². The lowest BCUT2D eigenvalue weighted by molar-refractivity contribution is -0.0895. The fourth-order valence-electron chi connectivity index (χ4n) is 0.524. The predicted octanol–water partition coefficient (Wildman–Crippen LogP) is 2.78. The van der Waals surface area contributed by atoms with Crippen LogP contribution in [0.15, 0.2) is 12.3 Å². The van der Waals surface area contributed by atoms with Crippen LogP contribution in [-0.2, 0) is 7.90 Å². The van der Waals surface area contributed by atoms with Gasteiger partial charge in [0.2, 0.25) is 0 Å². The highest BCUT2D eigenvalue weighted by Gasteiger charge is 2.05. The molecule has 0 aromatic rings. The van der Waals surface area contributed by atoms with Crippen LogP contribution >= 0.6 is 23.0 Å². The van der Waals surface area contributed by atoms with Crippen LogP contribution < -0.4 is 5.48 Å². The van der Waals surface area contributed by atoms with E-state index in [0.717, 1.165) is 12.1 Å². The lowest BCUT2D eigenvalue weighted by Gasteiger charge is -2.16. The van der Waals surface area contributed by atoms with Crippen LogP contribution in [0.1, 0.15) is 27.2 Å². The quantitative estimate of drug-likeness (QED) is 0.462. The first-order chi connectivity index (χ1) is 5.61. The molecule has 0 aromatic heterocycles. The Morgan fingerprint density at radius 2 is 2.17 bits per heavy atom. The van der Waals surface area contributed by atoms with Crippen LogP contribution in [0.25, 0.3) is 0 Å². The first kappa shape index (κ1) is 12.2. The molecule has 0 saturated carbocycles. The minimum atomic E-state index is -0.258. The molecule has 0 saturated heterocycles. The number of rotatable bonds is 6. The first-order valence-electron chi connectivity index (χ1n) is 3.99. The van der Waals surface area contributed by atoms with Crippen molar-refractivity contribution in [3.05, 3.63) is 12.3 Å². The molecule has 0 aliphatic carbocycles. The normalized spacial score (nSPS) is 15.3. The summed E-state index contributed by atoms with van der Waals surface area (Å²) in [6, 6.07) is 0. The zero-order chi connectivity index (χ0) is 9.56. The van der Waals surface area contributed by atoms with Crippen molar-refractivity contribution in [2.45, 2.75) is 33.5 Å². The van der Waals surface area contributed by atoms with Gasteiger partial charge in [-0.2, -0.15) is 0 Å². The van der Waals surface area contributed by atoms with Crippen molar-refractivity contribution in [3.63, 3.8) is 0 Å². The molecule has 4 heteroatoms. The highest BCUT2D eigenvalue weighted by atomic mass is 127. The highest BCUT2D eigenvalue weighted by molar-refractivity contribution is 14.1. The molecule has 72 valence electrons. The first-order valence-corrected chi connectivity index (χ1v) is 4.87. The molecule has 0 fully saturated rings. The molecule has 0 aliphatic heterocycles. The van der Waals surface area contributed by atoms with E-state index in [9.17, 15) is 0 Å². The summed E-state index contributed by atoms with van der Waals surface area (Å²) >= 11 is 1.79. The van der Waals surface area contributed by atoms with Crippen LogP contribution in [0.4, 0.5) is 0 Å². The third kappa shape index (κ3) is 4.95. The molecule has 0 amide bonds.